The molecule has 0 amide bonds. The topological polar surface area (TPSA) is 43.8 Å². The zero-order chi connectivity index (χ0) is 14.2. The summed E-state index contributed by atoms with van der Waals surface area (Å²) in [5, 5.41) is 3.76. The van der Waals surface area contributed by atoms with E-state index in [4.69, 9.17) is 17.3 Å². The minimum Gasteiger partial charge on any atom is -0.324 e. The van der Waals surface area contributed by atoms with Gasteiger partial charge >= 0.3 is 6.18 Å². The van der Waals surface area contributed by atoms with Crippen molar-refractivity contribution in [3.8, 4) is 5.69 Å². The second-order valence-electron chi connectivity index (χ2n) is 4.14. The van der Waals surface area contributed by atoms with E-state index in [-0.39, 0.29) is 6.04 Å². The number of halogens is 4. The summed E-state index contributed by atoms with van der Waals surface area (Å²) in [4.78, 5) is 0. The van der Waals surface area contributed by atoms with E-state index in [0.717, 1.165) is 16.3 Å². The van der Waals surface area contributed by atoms with Gasteiger partial charge in [-0.25, -0.2) is 4.68 Å². The molecular weight excluding hydrogens is 279 g/mol. The molecule has 0 saturated heterocycles. The maximum absolute atomic E-state index is 12.5. The number of nitrogens with zero attached hydrogens (tertiary/aromatic N) is 2. The molecule has 102 valence electrons. The van der Waals surface area contributed by atoms with Crippen LogP contribution in [-0.2, 0) is 6.18 Å². The average Bonchev–Trinajstić information content (AvgIpc) is 2.77. The predicted molar refractivity (Wildman–Crippen MR) is 66.2 cm³/mol. The molecule has 2 rings (SSSR count). The molecular formula is C12H11ClF3N3. The van der Waals surface area contributed by atoms with Crippen molar-refractivity contribution in [2.24, 2.45) is 5.73 Å². The highest BCUT2D eigenvalue weighted by Gasteiger charge is 2.33. The van der Waals surface area contributed by atoms with Gasteiger partial charge < -0.3 is 5.73 Å². The Morgan fingerprint density at radius 3 is 2.47 bits per heavy atom. The third-order valence-corrected chi connectivity index (χ3v) is 2.93. The molecule has 0 aliphatic heterocycles. The van der Waals surface area contributed by atoms with Crippen molar-refractivity contribution in [2.45, 2.75) is 19.1 Å². The lowest BCUT2D eigenvalue weighted by Gasteiger charge is -2.09. The van der Waals surface area contributed by atoms with E-state index in [1.54, 1.807) is 25.1 Å². The van der Waals surface area contributed by atoms with E-state index in [1.165, 1.54) is 6.20 Å². The molecule has 0 spiro atoms. The van der Waals surface area contributed by atoms with Crippen LogP contribution in [0, 0.1) is 0 Å². The van der Waals surface area contributed by atoms with Gasteiger partial charge in [0.05, 0.1) is 10.7 Å². The van der Waals surface area contributed by atoms with Gasteiger partial charge in [-0.15, -0.1) is 0 Å². The highest BCUT2D eigenvalue weighted by Crippen LogP contribution is 2.29. The summed E-state index contributed by atoms with van der Waals surface area (Å²) in [7, 11) is 0. The van der Waals surface area contributed by atoms with Gasteiger partial charge in [0.15, 0.2) is 5.69 Å². The molecule has 2 N–H and O–H groups in total. The van der Waals surface area contributed by atoms with Crippen LogP contribution in [-0.4, -0.2) is 9.78 Å². The standard InChI is InChI=1S/C12H11ClF3N3/c1-7(17)8-2-3-10(9(13)6-8)19-5-4-11(18-19)12(14,15)16/h2-7H,17H2,1H3. The van der Waals surface area contributed by atoms with Gasteiger partial charge in [-0.05, 0) is 30.7 Å². The monoisotopic (exact) mass is 289 g/mol. The summed E-state index contributed by atoms with van der Waals surface area (Å²) < 4.78 is 38.5. The number of alkyl halides is 3. The Morgan fingerprint density at radius 1 is 1.32 bits per heavy atom. The van der Waals surface area contributed by atoms with Crippen molar-refractivity contribution < 1.29 is 13.2 Å². The van der Waals surface area contributed by atoms with Crippen molar-refractivity contribution in [1.29, 1.82) is 0 Å². The predicted octanol–water partition coefficient (Wildman–Crippen LogP) is 3.56. The van der Waals surface area contributed by atoms with Gasteiger partial charge in [-0.2, -0.15) is 18.3 Å². The zero-order valence-electron chi connectivity index (χ0n) is 9.95. The number of benzene rings is 1. The summed E-state index contributed by atoms with van der Waals surface area (Å²) >= 11 is 6.03. The van der Waals surface area contributed by atoms with Crippen LogP contribution >= 0.6 is 11.6 Å². The van der Waals surface area contributed by atoms with Crippen LogP contribution in [0.4, 0.5) is 13.2 Å². The second-order valence-corrected chi connectivity index (χ2v) is 4.55. The number of hydrogen-bond donors (Lipinski definition) is 1. The normalized spacial score (nSPS) is 13.6. The summed E-state index contributed by atoms with van der Waals surface area (Å²) in [6, 6.07) is 5.62. The second kappa shape index (κ2) is 4.86. The molecule has 0 bridgehead atoms. The molecule has 0 saturated carbocycles. The molecule has 1 atom stereocenters. The lowest BCUT2D eigenvalue weighted by molar-refractivity contribution is -0.141. The van der Waals surface area contributed by atoms with E-state index in [0.29, 0.717) is 10.7 Å². The van der Waals surface area contributed by atoms with Gasteiger partial charge in [0.25, 0.3) is 0 Å². The van der Waals surface area contributed by atoms with E-state index in [9.17, 15) is 13.2 Å². The molecule has 1 heterocycles. The highest BCUT2D eigenvalue weighted by molar-refractivity contribution is 6.32. The first-order chi connectivity index (χ1) is 8.79. The Bertz CT molecular complexity index is 590. The smallest absolute Gasteiger partial charge is 0.324 e. The Kier molecular flexibility index (Phi) is 3.56. The Labute approximate surface area is 112 Å². The molecule has 1 aromatic carbocycles. The van der Waals surface area contributed by atoms with Crippen molar-refractivity contribution in [3.63, 3.8) is 0 Å². The first-order valence-corrected chi connectivity index (χ1v) is 5.85. The fourth-order valence-corrected chi connectivity index (χ4v) is 1.88. The van der Waals surface area contributed by atoms with Gasteiger partial charge in [-0.1, -0.05) is 17.7 Å². The van der Waals surface area contributed by atoms with E-state index in [1.807, 2.05) is 0 Å². The molecule has 2 aromatic rings. The molecule has 3 nitrogen and oxygen atoms in total. The fraction of sp³-hybridized carbons (Fsp3) is 0.250. The van der Waals surface area contributed by atoms with Gasteiger partial charge in [0.2, 0.25) is 0 Å². The SMILES string of the molecule is CC(N)c1ccc(-n2ccc(C(F)(F)F)n2)c(Cl)c1. The third-order valence-electron chi connectivity index (χ3n) is 2.62. The number of nitrogens with two attached hydrogens (primary N) is 1. The van der Waals surface area contributed by atoms with E-state index < -0.39 is 11.9 Å². The first kappa shape index (κ1) is 13.9. The first-order valence-electron chi connectivity index (χ1n) is 5.47. The Hall–Kier alpha value is -1.53. The summed E-state index contributed by atoms with van der Waals surface area (Å²) in [6.07, 6.45) is -3.25. The van der Waals surface area contributed by atoms with Crippen LogP contribution in [0.15, 0.2) is 30.5 Å². The molecule has 19 heavy (non-hydrogen) atoms. The van der Waals surface area contributed by atoms with Crippen LogP contribution in [0.5, 0.6) is 0 Å². The van der Waals surface area contributed by atoms with Crippen LogP contribution < -0.4 is 5.73 Å². The summed E-state index contributed by atoms with van der Waals surface area (Å²) in [5.74, 6) is 0. The average molecular weight is 290 g/mol. The number of rotatable bonds is 2. The van der Waals surface area contributed by atoms with Crippen LogP contribution in [0.25, 0.3) is 5.69 Å². The third kappa shape index (κ3) is 2.90. The van der Waals surface area contributed by atoms with Crippen LogP contribution in [0.1, 0.15) is 24.2 Å². The molecule has 0 radical (unpaired) electrons. The van der Waals surface area contributed by atoms with Crippen molar-refractivity contribution in [2.75, 3.05) is 0 Å². The van der Waals surface area contributed by atoms with Crippen molar-refractivity contribution >= 4 is 11.6 Å². The molecule has 0 fully saturated rings. The van der Waals surface area contributed by atoms with Gasteiger partial charge in [0, 0.05) is 12.2 Å². The largest absolute Gasteiger partial charge is 0.435 e. The minimum atomic E-state index is -4.47. The Balaban J connectivity index is 2.40. The van der Waals surface area contributed by atoms with Gasteiger partial charge in [0.1, 0.15) is 0 Å². The molecule has 0 aliphatic carbocycles. The molecule has 1 unspecified atom stereocenters. The maximum atomic E-state index is 12.5. The zero-order valence-corrected chi connectivity index (χ0v) is 10.7. The van der Waals surface area contributed by atoms with E-state index >= 15 is 0 Å². The lowest BCUT2D eigenvalue weighted by Crippen LogP contribution is -2.08. The summed E-state index contributed by atoms with van der Waals surface area (Å²) in [5.41, 5.74) is 5.92. The van der Waals surface area contributed by atoms with Crippen LogP contribution in [0.3, 0.4) is 0 Å². The van der Waals surface area contributed by atoms with E-state index in [2.05, 4.69) is 5.10 Å². The van der Waals surface area contributed by atoms with Crippen molar-refractivity contribution in [1.82, 2.24) is 9.78 Å². The molecule has 1 aromatic heterocycles. The quantitative estimate of drug-likeness (QED) is 0.918. The molecule has 0 aliphatic rings. The number of hydrogen-bond acceptors (Lipinski definition) is 2. The van der Waals surface area contributed by atoms with Gasteiger partial charge in [-0.3, -0.25) is 0 Å². The van der Waals surface area contributed by atoms with Crippen molar-refractivity contribution in [3.05, 3.63) is 46.7 Å². The number of aromatic nitrogens is 2. The lowest BCUT2D eigenvalue weighted by atomic mass is 10.1. The fourth-order valence-electron chi connectivity index (χ4n) is 1.60. The summed E-state index contributed by atoms with van der Waals surface area (Å²) in [6.45, 7) is 1.79. The molecule has 7 heteroatoms. The van der Waals surface area contributed by atoms with Crippen LogP contribution in [0.2, 0.25) is 5.02 Å². The minimum absolute atomic E-state index is 0.199. The maximum Gasteiger partial charge on any atom is 0.435 e. The Morgan fingerprint density at radius 2 is 2.00 bits per heavy atom. The highest BCUT2D eigenvalue weighted by atomic mass is 35.5.